The number of benzene rings is 1. The number of hydrogen-bond acceptors (Lipinski definition) is 4. The molecule has 2 amide bonds. The molecule has 9 heteroatoms. The van der Waals surface area contributed by atoms with Crippen LogP contribution in [0, 0.1) is 5.92 Å². The quantitative estimate of drug-likeness (QED) is 0.812. The number of nitrogens with one attached hydrogen (secondary N) is 2. The molecule has 3 rings (SSSR count). The van der Waals surface area contributed by atoms with E-state index >= 15 is 0 Å². The van der Waals surface area contributed by atoms with Gasteiger partial charge in [0.25, 0.3) is 5.91 Å². The number of aromatic nitrogens is 2. The summed E-state index contributed by atoms with van der Waals surface area (Å²) in [5.74, 6) is -0.786. The van der Waals surface area contributed by atoms with Crippen molar-refractivity contribution in [3.05, 3.63) is 53.3 Å². The number of halogens is 3. The molecular weight excluding hydrogens is 373 g/mol. The van der Waals surface area contributed by atoms with Crippen molar-refractivity contribution in [1.82, 2.24) is 15.3 Å². The van der Waals surface area contributed by atoms with Gasteiger partial charge in [0.1, 0.15) is 5.69 Å². The second kappa shape index (κ2) is 7.95. The summed E-state index contributed by atoms with van der Waals surface area (Å²) in [5.41, 5.74) is -0.456. The maximum Gasteiger partial charge on any atom is 0.416 e. The lowest BCUT2D eigenvalue weighted by molar-refractivity contribution is -0.137. The fourth-order valence-corrected chi connectivity index (χ4v) is 2.77. The molecule has 1 heterocycles. The van der Waals surface area contributed by atoms with E-state index in [0.29, 0.717) is 5.56 Å². The van der Waals surface area contributed by atoms with Crippen LogP contribution in [-0.2, 0) is 11.0 Å². The first kappa shape index (κ1) is 19.8. The molecule has 6 nitrogen and oxygen atoms in total. The molecule has 1 saturated carbocycles. The summed E-state index contributed by atoms with van der Waals surface area (Å²) in [6.07, 6.45) is -0.469. The maximum absolute atomic E-state index is 12.9. The fourth-order valence-electron chi connectivity index (χ4n) is 2.77. The van der Waals surface area contributed by atoms with Gasteiger partial charge in [-0.15, -0.1) is 0 Å². The van der Waals surface area contributed by atoms with Gasteiger partial charge in [-0.25, -0.2) is 9.97 Å². The van der Waals surface area contributed by atoms with Crippen molar-refractivity contribution < 1.29 is 22.8 Å². The van der Waals surface area contributed by atoms with Crippen LogP contribution in [0.3, 0.4) is 0 Å². The van der Waals surface area contributed by atoms with E-state index < -0.39 is 23.7 Å². The summed E-state index contributed by atoms with van der Waals surface area (Å²) < 4.78 is 38.6. The minimum Gasteiger partial charge on any atom is -0.344 e. The van der Waals surface area contributed by atoms with Crippen LogP contribution in [0.2, 0.25) is 0 Å². The van der Waals surface area contributed by atoms with Gasteiger partial charge < -0.3 is 5.32 Å². The van der Waals surface area contributed by atoms with Crippen LogP contribution >= 0.6 is 0 Å². The van der Waals surface area contributed by atoms with E-state index in [4.69, 9.17) is 0 Å². The zero-order valence-corrected chi connectivity index (χ0v) is 15.1. The van der Waals surface area contributed by atoms with Crippen LogP contribution in [0.1, 0.15) is 53.8 Å². The third-order valence-corrected chi connectivity index (χ3v) is 4.66. The van der Waals surface area contributed by atoms with E-state index in [2.05, 4.69) is 20.6 Å². The highest BCUT2D eigenvalue weighted by atomic mass is 19.4. The van der Waals surface area contributed by atoms with E-state index in [1.54, 1.807) is 6.92 Å². The molecule has 0 saturated heterocycles. The predicted octanol–water partition coefficient (Wildman–Crippen LogP) is 3.73. The lowest BCUT2D eigenvalue weighted by Crippen LogP contribution is -2.30. The van der Waals surface area contributed by atoms with E-state index in [1.807, 2.05) is 0 Å². The van der Waals surface area contributed by atoms with Crippen LogP contribution in [0.25, 0.3) is 0 Å². The summed E-state index contributed by atoms with van der Waals surface area (Å²) in [5, 5.41) is 5.19. The van der Waals surface area contributed by atoms with Gasteiger partial charge in [0.05, 0.1) is 11.6 Å². The summed E-state index contributed by atoms with van der Waals surface area (Å²) in [6.45, 7) is 1.58. The molecule has 0 bridgehead atoms. The highest BCUT2D eigenvalue weighted by Crippen LogP contribution is 2.31. The van der Waals surface area contributed by atoms with Crippen molar-refractivity contribution in [3.63, 3.8) is 0 Å². The molecule has 1 aliphatic rings. The van der Waals surface area contributed by atoms with Crippen LogP contribution in [0.5, 0.6) is 0 Å². The molecule has 1 fully saturated rings. The molecule has 1 atom stereocenters. The smallest absolute Gasteiger partial charge is 0.344 e. The first-order chi connectivity index (χ1) is 13.2. The molecule has 148 valence electrons. The number of carbonyl (C=O) groups excluding carboxylic acids is 2. The Bertz CT molecular complexity index is 881. The average molecular weight is 392 g/mol. The Morgan fingerprint density at radius 2 is 1.96 bits per heavy atom. The topological polar surface area (TPSA) is 84.0 Å². The molecule has 2 N–H and O–H groups in total. The molecule has 0 radical (unpaired) electrons. The number of hydrogen-bond donors (Lipinski definition) is 2. The molecule has 1 aromatic heterocycles. The summed E-state index contributed by atoms with van der Waals surface area (Å²) in [6, 6.07) is 5.46. The fraction of sp³-hybridized carbons (Fsp3) is 0.368. The molecular formula is C19H19F3N4O2. The standard InChI is InChI=1S/C19H19F3N4O2/c1-11(13-6-3-7-14(10-13)19(20,21)22)24-17(28)15-8-9-23-18(25-15)26-16(27)12-4-2-5-12/h3,6-12H,2,4-5H2,1H3,(H,24,28)(H,23,25,26,27)/t11-/m1/s1. The molecule has 0 spiro atoms. The van der Waals surface area contributed by atoms with Crippen LogP contribution in [0.4, 0.5) is 19.1 Å². The van der Waals surface area contributed by atoms with Gasteiger partial charge in [-0.3, -0.25) is 14.9 Å². The van der Waals surface area contributed by atoms with Crippen LogP contribution < -0.4 is 10.6 Å². The van der Waals surface area contributed by atoms with Crippen molar-refractivity contribution in [1.29, 1.82) is 0 Å². The zero-order chi connectivity index (χ0) is 20.3. The second-order valence-electron chi connectivity index (χ2n) is 6.70. The molecule has 2 aromatic rings. The van der Waals surface area contributed by atoms with Gasteiger partial charge in [-0.05, 0) is 43.5 Å². The monoisotopic (exact) mass is 392 g/mol. The predicted molar refractivity (Wildman–Crippen MR) is 95.3 cm³/mol. The molecule has 1 aromatic carbocycles. The summed E-state index contributed by atoms with van der Waals surface area (Å²) in [7, 11) is 0. The number of rotatable bonds is 5. The first-order valence-corrected chi connectivity index (χ1v) is 8.86. The number of alkyl halides is 3. The molecule has 0 unspecified atom stereocenters. The lowest BCUT2D eigenvalue weighted by Gasteiger charge is -2.23. The molecule has 0 aliphatic heterocycles. The van der Waals surface area contributed by atoms with E-state index in [9.17, 15) is 22.8 Å². The Balaban J connectivity index is 1.67. The minimum absolute atomic E-state index is 0.0118. The normalized spacial score (nSPS) is 15.4. The third-order valence-electron chi connectivity index (χ3n) is 4.66. The van der Waals surface area contributed by atoms with Gasteiger partial charge in [-0.1, -0.05) is 18.6 Å². The third kappa shape index (κ3) is 4.65. The van der Waals surface area contributed by atoms with Crippen LogP contribution in [0.15, 0.2) is 36.5 Å². The van der Waals surface area contributed by atoms with Gasteiger partial charge in [0, 0.05) is 12.1 Å². The van der Waals surface area contributed by atoms with Gasteiger partial charge in [0.2, 0.25) is 11.9 Å². The van der Waals surface area contributed by atoms with Crippen molar-refractivity contribution in [2.75, 3.05) is 5.32 Å². The molecule has 1 aliphatic carbocycles. The maximum atomic E-state index is 12.9. The number of amides is 2. The highest BCUT2D eigenvalue weighted by Gasteiger charge is 2.31. The van der Waals surface area contributed by atoms with Crippen molar-refractivity contribution >= 4 is 17.8 Å². The largest absolute Gasteiger partial charge is 0.416 e. The van der Waals surface area contributed by atoms with Gasteiger partial charge in [0.15, 0.2) is 0 Å². The van der Waals surface area contributed by atoms with E-state index in [0.717, 1.165) is 31.4 Å². The number of carbonyl (C=O) groups is 2. The van der Waals surface area contributed by atoms with Gasteiger partial charge in [-0.2, -0.15) is 13.2 Å². The van der Waals surface area contributed by atoms with Crippen molar-refractivity contribution in [2.24, 2.45) is 5.92 Å². The Kier molecular flexibility index (Phi) is 5.62. The van der Waals surface area contributed by atoms with E-state index in [1.165, 1.54) is 24.4 Å². The number of nitrogens with zero attached hydrogens (tertiary/aromatic N) is 2. The SMILES string of the molecule is C[C@@H](NC(=O)c1ccnc(NC(=O)C2CCC2)n1)c1cccc(C(F)(F)F)c1. The zero-order valence-electron chi connectivity index (χ0n) is 15.1. The Morgan fingerprint density at radius 3 is 2.61 bits per heavy atom. The highest BCUT2D eigenvalue weighted by molar-refractivity contribution is 5.94. The lowest BCUT2D eigenvalue weighted by atomic mass is 9.85. The Labute approximate surface area is 159 Å². The first-order valence-electron chi connectivity index (χ1n) is 8.86. The summed E-state index contributed by atoms with van der Waals surface area (Å²) in [4.78, 5) is 32.3. The Morgan fingerprint density at radius 1 is 1.21 bits per heavy atom. The van der Waals surface area contributed by atoms with Gasteiger partial charge >= 0.3 is 6.18 Å². The average Bonchev–Trinajstić information content (AvgIpc) is 2.59. The Hall–Kier alpha value is -2.97. The van der Waals surface area contributed by atoms with Crippen molar-refractivity contribution in [2.45, 2.75) is 38.4 Å². The van der Waals surface area contributed by atoms with Crippen molar-refractivity contribution in [3.8, 4) is 0 Å². The number of anilines is 1. The van der Waals surface area contributed by atoms with E-state index in [-0.39, 0.29) is 23.5 Å². The minimum atomic E-state index is -4.46. The second-order valence-corrected chi connectivity index (χ2v) is 6.70. The summed E-state index contributed by atoms with van der Waals surface area (Å²) >= 11 is 0. The molecule has 28 heavy (non-hydrogen) atoms. The van der Waals surface area contributed by atoms with Crippen LogP contribution in [-0.4, -0.2) is 21.8 Å².